The van der Waals surface area contributed by atoms with Gasteiger partial charge in [-0.2, -0.15) is 13.2 Å². The highest BCUT2D eigenvalue weighted by molar-refractivity contribution is 6.06. The summed E-state index contributed by atoms with van der Waals surface area (Å²) in [6.45, 7) is 3.68. The van der Waals surface area contributed by atoms with E-state index in [2.05, 4.69) is 5.16 Å². The summed E-state index contributed by atoms with van der Waals surface area (Å²) in [5.74, 6) is 0.0747. The van der Waals surface area contributed by atoms with Crippen LogP contribution in [-0.4, -0.2) is 24.2 Å². The minimum Gasteiger partial charge on any atom is -0.496 e. The van der Waals surface area contributed by atoms with E-state index in [4.69, 9.17) is 9.94 Å². The normalized spacial score (nSPS) is 12.9. The largest absolute Gasteiger partial charge is 0.496 e. The molecule has 0 aliphatic heterocycles. The molecule has 0 radical (unpaired) electrons. The van der Waals surface area contributed by atoms with Crippen molar-refractivity contribution < 1.29 is 23.1 Å². The van der Waals surface area contributed by atoms with Crippen LogP contribution >= 0.6 is 0 Å². The fourth-order valence-electron chi connectivity index (χ4n) is 1.69. The van der Waals surface area contributed by atoms with E-state index in [9.17, 15) is 13.2 Å². The first-order valence-corrected chi connectivity index (χ1v) is 5.29. The SMILES string of the molecule is COc1c(/C(=N/O)C(F)(F)F)cccc1C(C)C. The van der Waals surface area contributed by atoms with Gasteiger partial charge in [0.05, 0.1) is 12.7 Å². The van der Waals surface area contributed by atoms with Crippen molar-refractivity contribution >= 4 is 5.71 Å². The molecule has 0 unspecified atom stereocenters. The van der Waals surface area contributed by atoms with E-state index in [0.29, 0.717) is 5.56 Å². The maximum absolute atomic E-state index is 12.7. The molecule has 18 heavy (non-hydrogen) atoms. The van der Waals surface area contributed by atoms with Gasteiger partial charge < -0.3 is 9.94 Å². The van der Waals surface area contributed by atoms with Crippen LogP contribution in [0.1, 0.15) is 30.9 Å². The van der Waals surface area contributed by atoms with E-state index in [1.54, 1.807) is 6.07 Å². The van der Waals surface area contributed by atoms with Crippen LogP contribution in [0.15, 0.2) is 23.4 Å². The molecule has 1 aromatic rings. The van der Waals surface area contributed by atoms with E-state index < -0.39 is 11.9 Å². The van der Waals surface area contributed by atoms with Crippen molar-refractivity contribution in [1.29, 1.82) is 0 Å². The molecule has 0 bridgehead atoms. The molecule has 0 amide bonds. The predicted octanol–water partition coefficient (Wildman–Crippen LogP) is 3.56. The number of benzene rings is 1. The Labute approximate surface area is 103 Å². The fourth-order valence-corrected chi connectivity index (χ4v) is 1.69. The predicted molar refractivity (Wildman–Crippen MR) is 61.5 cm³/mol. The van der Waals surface area contributed by atoms with Crippen LogP contribution in [0.5, 0.6) is 5.75 Å². The topological polar surface area (TPSA) is 41.8 Å². The van der Waals surface area contributed by atoms with Crippen molar-refractivity contribution in [3.05, 3.63) is 29.3 Å². The number of nitrogens with zero attached hydrogens (tertiary/aromatic N) is 1. The van der Waals surface area contributed by atoms with Crippen LogP contribution in [0, 0.1) is 0 Å². The number of hydrogen-bond acceptors (Lipinski definition) is 3. The molecule has 0 heterocycles. The summed E-state index contributed by atoms with van der Waals surface area (Å²) in [6, 6.07) is 4.37. The van der Waals surface area contributed by atoms with Crippen LogP contribution in [0.4, 0.5) is 13.2 Å². The summed E-state index contributed by atoms with van der Waals surface area (Å²) < 4.78 is 43.2. The average Bonchev–Trinajstić information content (AvgIpc) is 2.27. The van der Waals surface area contributed by atoms with Crippen molar-refractivity contribution in [1.82, 2.24) is 0 Å². The Bertz CT molecular complexity index is 453. The third kappa shape index (κ3) is 2.75. The minimum absolute atomic E-state index is 0.00641. The first-order valence-electron chi connectivity index (χ1n) is 5.29. The van der Waals surface area contributed by atoms with E-state index in [-0.39, 0.29) is 17.2 Å². The van der Waals surface area contributed by atoms with Gasteiger partial charge in [0, 0.05) is 0 Å². The third-order valence-electron chi connectivity index (χ3n) is 2.50. The summed E-state index contributed by atoms with van der Waals surface area (Å²) in [5, 5.41) is 10.9. The molecule has 1 aromatic carbocycles. The molecule has 0 saturated carbocycles. The summed E-state index contributed by atoms with van der Waals surface area (Å²) in [4.78, 5) is 0. The number of rotatable bonds is 3. The Morgan fingerprint density at radius 1 is 1.33 bits per heavy atom. The van der Waals surface area contributed by atoms with Crippen molar-refractivity contribution in [3.8, 4) is 5.75 Å². The Morgan fingerprint density at radius 3 is 2.33 bits per heavy atom. The second kappa shape index (κ2) is 5.29. The monoisotopic (exact) mass is 261 g/mol. The molecule has 3 nitrogen and oxygen atoms in total. The number of hydrogen-bond donors (Lipinski definition) is 1. The van der Waals surface area contributed by atoms with Crippen LogP contribution in [0.25, 0.3) is 0 Å². The van der Waals surface area contributed by atoms with Crippen LogP contribution < -0.4 is 4.74 Å². The van der Waals surface area contributed by atoms with Crippen LogP contribution in [-0.2, 0) is 0 Å². The summed E-state index contributed by atoms with van der Waals surface area (Å²) in [5.41, 5.74) is -0.999. The Hall–Kier alpha value is -1.72. The number of oxime groups is 1. The zero-order chi connectivity index (χ0) is 13.9. The fraction of sp³-hybridized carbons (Fsp3) is 0.417. The quantitative estimate of drug-likeness (QED) is 0.513. The smallest absolute Gasteiger partial charge is 0.437 e. The molecule has 6 heteroatoms. The first-order chi connectivity index (χ1) is 8.32. The lowest BCUT2D eigenvalue weighted by Gasteiger charge is -2.17. The van der Waals surface area contributed by atoms with Gasteiger partial charge in [0.1, 0.15) is 5.75 Å². The number of ether oxygens (including phenoxy) is 1. The average molecular weight is 261 g/mol. The molecule has 0 aliphatic rings. The zero-order valence-electron chi connectivity index (χ0n) is 10.2. The van der Waals surface area contributed by atoms with Gasteiger partial charge in [0.15, 0.2) is 5.71 Å². The highest BCUT2D eigenvalue weighted by Gasteiger charge is 2.39. The number of alkyl halides is 3. The third-order valence-corrected chi connectivity index (χ3v) is 2.50. The highest BCUT2D eigenvalue weighted by Crippen LogP contribution is 2.34. The molecule has 1 N–H and O–H groups in total. The first kappa shape index (κ1) is 14.3. The Morgan fingerprint density at radius 2 is 1.94 bits per heavy atom. The van der Waals surface area contributed by atoms with E-state index in [1.807, 2.05) is 13.8 Å². The minimum atomic E-state index is -4.74. The summed E-state index contributed by atoms with van der Waals surface area (Å²) >= 11 is 0. The van der Waals surface area contributed by atoms with Crippen molar-refractivity contribution in [2.75, 3.05) is 7.11 Å². The molecule has 0 aliphatic carbocycles. The molecule has 0 spiro atoms. The molecular weight excluding hydrogens is 247 g/mol. The molecule has 0 fully saturated rings. The molecule has 0 aromatic heterocycles. The van der Waals surface area contributed by atoms with Gasteiger partial charge in [-0.3, -0.25) is 0 Å². The number of para-hydroxylation sites is 1. The maximum Gasteiger partial charge on any atom is 0.437 e. The zero-order valence-corrected chi connectivity index (χ0v) is 10.2. The van der Waals surface area contributed by atoms with Gasteiger partial charge in [0.25, 0.3) is 0 Å². The van der Waals surface area contributed by atoms with Gasteiger partial charge in [0.2, 0.25) is 0 Å². The Kier molecular flexibility index (Phi) is 4.21. The molecule has 0 saturated heterocycles. The summed E-state index contributed by atoms with van der Waals surface area (Å²) in [7, 11) is 1.29. The lowest BCUT2D eigenvalue weighted by atomic mass is 9.97. The van der Waals surface area contributed by atoms with Crippen molar-refractivity contribution in [2.24, 2.45) is 5.16 Å². The standard InChI is InChI=1S/C12H14F3NO2/c1-7(2)8-5-4-6-9(10(8)18-3)11(16-17)12(13,14)15/h4-7,17H,1-3H3/b16-11-. The van der Waals surface area contributed by atoms with Gasteiger partial charge in [-0.05, 0) is 17.5 Å². The molecule has 1 rings (SSSR count). The second-order valence-electron chi connectivity index (χ2n) is 4.03. The van der Waals surface area contributed by atoms with Crippen molar-refractivity contribution in [2.45, 2.75) is 25.9 Å². The molecule has 100 valence electrons. The number of halogens is 3. The van der Waals surface area contributed by atoms with Gasteiger partial charge >= 0.3 is 6.18 Å². The van der Waals surface area contributed by atoms with Crippen LogP contribution in [0.2, 0.25) is 0 Å². The van der Waals surface area contributed by atoms with Crippen molar-refractivity contribution in [3.63, 3.8) is 0 Å². The lowest BCUT2D eigenvalue weighted by Crippen LogP contribution is -2.25. The van der Waals surface area contributed by atoms with Crippen LogP contribution in [0.3, 0.4) is 0 Å². The second-order valence-corrected chi connectivity index (χ2v) is 4.03. The molecular formula is C12H14F3NO2. The van der Waals surface area contributed by atoms with Gasteiger partial charge in [-0.25, -0.2) is 0 Å². The maximum atomic E-state index is 12.7. The molecule has 0 atom stereocenters. The summed E-state index contributed by atoms with van der Waals surface area (Å²) in [6.07, 6.45) is -4.74. The Balaban J connectivity index is 3.46. The van der Waals surface area contributed by atoms with E-state index in [0.717, 1.165) is 0 Å². The lowest BCUT2D eigenvalue weighted by molar-refractivity contribution is -0.0602. The number of methoxy groups -OCH3 is 1. The van der Waals surface area contributed by atoms with E-state index >= 15 is 0 Å². The van der Waals surface area contributed by atoms with E-state index in [1.165, 1.54) is 19.2 Å². The van der Waals surface area contributed by atoms with Gasteiger partial charge in [-0.15, -0.1) is 0 Å². The highest BCUT2D eigenvalue weighted by atomic mass is 19.4. The van der Waals surface area contributed by atoms with Gasteiger partial charge in [-0.1, -0.05) is 31.1 Å².